The van der Waals surface area contributed by atoms with Gasteiger partial charge in [-0.2, -0.15) is 5.10 Å². The molecule has 0 aliphatic carbocycles. The first-order chi connectivity index (χ1) is 10.2. The quantitative estimate of drug-likeness (QED) is 0.855. The highest BCUT2D eigenvalue weighted by Crippen LogP contribution is 2.23. The maximum atomic E-state index is 13.7. The number of nitrogen functional groups attached to an aromatic ring is 1. The Hall–Kier alpha value is -2.37. The summed E-state index contributed by atoms with van der Waals surface area (Å²) in [6.07, 6.45) is 0. The molecule has 0 aliphatic heterocycles. The van der Waals surface area contributed by atoms with Crippen molar-refractivity contribution in [2.75, 3.05) is 11.1 Å². The van der Waals surface area contributed by atoms with Crippen molar-refractivity contribution < 1.29 is 9.18 Å². The van der Waals surface area contributed by atoms with Gasteiger partial charge < -0.3 is 11.1 Å². The summed E-state index contributed by atoms with van der Waals surface area (Å²) in [4.78, 5) is 12.4. The Kier molecular flexibility index (Phi) is 4.21. The Labute approximate surface area is 129 Å². The van der Waals surface area contributed by atoms with Crippen molar-refractivity contribution in [1.82, 2.24) is 9.78 Å². The molecule has 5 nitrogen and oxygen atoms in total. The van der Waals surface area contributed by atoms with Crippen LogP contribution in [0, 0.1) is 5.82 Å². The van der Waals surface area contributed by atoms with Crippen LogP contribution in [0.25, 0.3) is 0 Å². The van der Waals surface area contributed by atoms with Crippen molar-refractivity contribution in [1.29, 1.82) is 0 Å². The van der Waals surface area contributed by atoms with Crippen LogP contribution in [0.5, 0.6) is 0 Å². The number of aryl methyl sites for hydroxylation is 1. The number of benzene rings is 1. The standard InChI is InChI=1S/C16H21FN4O/c1-5-21-13(9-14(20-21)16(2,3)4)15(22)19-12-8-10(18)6-7-11(12)17/h6-9H,5,18H2,1-4H3,(H,19,22). The van der Waals surface area contributed by atoms with Gasteiger partial charge in [0.15, 0.2) is 0 Å². The molecular formula is C16H21FN4O. The second-order valence-corrected chi connectivity index (χ2v) is 6.17. The van der Waals surface area contributed by atoms with E-state index in [2.05, 4.69) is 10.4 Å². The van der Waals surface area contributed by atoms with Gasteiger partial charge in [-0.15, -0.1) is 0 Å². The molecule has 0 bridgehead atoms. The van der Waals surface area contributed by atoms with Gasteiger partial charge in [-0.1, -0.05) is 20.8 Å². The van der Waals surface area contributed by atoms with E-state index in [1.807, 2.05) is 27.7 Å². The van der Waals surface area contributed by atoms with E-state index < -0.39 is 11.7 Å². The van der Waals surface area contributed by atoms with E-state index >= 15 is 0 Å². The zero-order valence-electron chi connectivity index (χ0n) is 13.3. The van der Waals surface area contributed by atoms with Gasteiger partial charge in [-0.3, -0.25) is 9.48 Å². The number of aromatic nitrogens is 2. The lowest BCUT2D eigenvalue weighted by Gasteiger charge is -2.13. The summed E-state index contributed by atoms with van der Waals surface area (Å²) in [5.74, 6) is -0.935. The number of carbonyl (C=O) groups is 1. The summed E-state index contributed by atoms with van der Waals surface area (Å²) in [6, 6.07) is 5.80. The molecule has 0 atom stereocenters. The molecule has 0 spiro atoms. The maximum Gasteiger partial charge on any atom is 0.274 e. The first-order valence-corrected chi connectivity index (χ1v) is 7.17. The summed E-state index contributed by atoms with van der Waals surface area (Å²) in [5.41, 5.74) is 7.11. The minimum atomic E-state index is -0.527. The SMILES string of the molecule is CCn1nc(C(C)(C)C)cc1C(=O)Nc1cc(N)ccc1F. The molecule has 2 rings (SSSR count). The summed E-state index contributed by atoms with van der Waals surface area (Å²) < 4.78 is 15.3. The van der Waals surface area contributed by atoms with Crippen molar-refractivity contribution in [2.24, 2.45) is 0 Å². The molecule has 0 radical (unpaired) electrons. The molecule has 0 aliphatic rings. The fourth-order valence-corrected chi connectivity index (χ4v) is 2.03. The first kappa shape index (κ1) is 16.0. The molecule has 22 heavy (non-hydrogen) atoms. The Morgan fingerprint density at radius 2 is 2.05 bits per heavy atom. The number of carbonyl (C=O) groups excluding carboxylic acids is 1. The Morgan fingerprint density at radius 1 is 1.36 bits per heavy atom. The lowest BCUT2D eigenvalue weighted by molar-refractivity contribution is 0.101. The normalized spacial score (nSPS) is 11.5. The average molecular weight is 304 g/mol. The van der Waals surface area contributed by atoms with E-state index in [0.29, 0.717) is 17.9 Å². The molecular weight excluding hydrogens is 283 g/mol. The molecule has 2 aromatic rings. The number of hydrogen-bond acceptors (Lipinski definition) is 3. The van der Waals surface area contributed by atoms with Crippen molar-refractivity contribution in [3.8, 4) is 0 Å². The molecule has 0 unspecified atom stereocenters. The zero-order valence-corrected chi connectivity index (χ0v) is 13.3. The van der Waals surface area contributed by atoms with Crippen LogP contribution in [0.3, 0.4) is 0 Å². The van der Waals surface area contributed by atoms with E-state index in [0.717, 1.165) is 5.69 Å². The summed E-state index contributed by atoms with van der Waals surface area (Å²) in [6.45, 7) is 8.52. The van der Waals surface area contributed by atoms with Crippen LogP contribution in [0.4, 0.5) is 15.8 Å². The van der Waals surface area contributed by atoms with Gasteiger partial charge in [0.25, 0.3) is 5.91 Å². The van der Waals surface area contributed by atoms with E-state index in [1.165, 1.54) is 18.2 Å². The second-order valence-electron chi connectivity index (χ2n) is 6.17. The topological polar surface area (TPSA) is 72.9 Å². The van der Waals surface area contributed by atoms with Crippen molar-refractivity contribution in [2.45, 2.75) is 39.7 Å². The number of hydrogen-bond donors (Lipinski definition) is 2. The van der Waals surface area contributed by atoms with Crippen LogP contribution in [0.15, 0.2) is 24.3 Å². The largest absolute Gasteiger partial charge is 0.399 e. The molecule has 1 heterocycles. The maximum absolute atomic E-state index is 13.7. The summed E-state index contributed by atoms with van der Waals surface area (Å²) >= 11 is 0. The zero-order chi connectivity index (χ0) is 16.5. The number of nitrogens with zero attached hydrogens (tertiary/aromatic N) is 2. The lowest BCUT2D eigenvalue weighted by atomic mass is 9.92. The van der Waals surface area contributed by atoms with Gasteiger partial charge in [0.05, 0.1) is 11.4 Å². The molecule has 6 heteroatoms. The van der Waals surface area contributed by atoms with Gasteiger partial charge in [-0.05, 0) is 31.2 Å². The first-order valence-electron chi connectivity index (χ1n) is 7.17. The summed E-state index contributed by atoms with van der Waals surface area (Å²) in [7, 11) is 0. The third-order valence-electron chi connectivity index (χ3n) is 3.32. The smallest absolute Gasteiger partial charge is 0.274 e. The van der Waals surface area contributed by atoms with Gasteiger partial charge in [0.2, 0.25) is 0 Å². The highest BCUT2D eigenvalue weighted by atomic mass is 19.1. The average Bonchev–Trinajstić information content (AvgIpc) is 2.87. The Morgan fingerprint density at radius 3 is 2.64 bits per heavy atom. The van der Waals surface area contributed by atoms with Gasteiger partial charge in [-0.25, -0.2) is 4.39 Å². The molecule has 0 saturated carbocycles. The number of rotatable bonds is 3. The third kappa shape index (κ3) is 3.27. The molecule has 118 valence electrons. The highest BCUT2D eigenvalue weighted by Gasteiger charge is 2.22. The number of amides is 1. The fraction of sp³-hybridized carbons (Fsp3) is 0.375. The van der Waals surface area contributed by atoms with Crippen molar-refractivity contribution in [3.63, 3.8) is 0 Å². The van der Waals surface area contributed by atoms with Crippen LogP contribution in [-0.4, -0.2) is 15.7 Å². The lowest BCUT2D eigenvalue weighted by Crippen LogP contribution is -2.18. The number of halogens is 1. The summed E-state index contributed by atoms with van der Waals surface area (Å²) in [5, 5.41) is 6.99. The van der Waals surface area contributed by atoms with Crippen LogP contribution in [0.1, 0.15) is 43.9 Å². The van der Waals surface area contributed by atoms with Crippen LogP contribution >= 0.6 is 0 Å². The van der Waals surface area contributed by atoms with Crippen molar-refractivity contribution >= 4 is 17.3 Å². The molecule has 1 aromatic heterocycles. The van der Waals surface area contributed by atoms with Crippen LogP contribution in [0.2, 0.25) is 0 Å². The number of nitrogens with two attached hydrogens (primary N) is 1. The Balaban J connectivity index is 2.33. The van der Waals surface area contributed by atoms with E-state index in [9.17, 15) is 9.18 Å². The predicted molar refractivity (Wildman–Crippen MR) is 85.4 cm³/mol. The minimum absolute atomic E-state index is 0.0613. The Bertz CT molecular complexity index is 701. The molecule has 1 aromatic carbocycles. The minimum Gasteiger partial charge on any atom is -0.399 e. The van der Waals surface area contributed by atoms with Crippen molar-refractivity contribution in [3.05, 3.63) is 41.5 Å². The number of nitrogens with one attached hydrogen (secondary N) is 1. The van der Waals surface area contributed by atoms with Crippen LogP contribution in [-0.2, 0) is 12.0 Å². The van der Waals surface area contributed by atoms with Crippen LogP contribution < -0.4 is 11.1 Å². The van der Waals surface area contributed by atoms with E-state index in [1.54, 1.807) is 10.7 Å². The van der Waals surface area contributed by atoms with E-state index in [4.69, 9.17) is 5.73 Å². The highest BCUT2D eigenvalue weighted by molar-refractivity contribution is 6.03. The molecule has 0 saturated heterocycles. The fourth-order valence-electron chi connectivity index (χ4n) is 2.03. The molecule has 0 fully saturated rings. The molecule has 3 N–H and O–H groups in total. The number of anilines is 2. The van der Waals surface area contributed by atoms with E-state index in [-0.39, 0.29) is 11.1 Å². The molecule has 1 amide bonds. The monoisotopic (exact) mass is 304 g/mol. The second kappa shape index (κ2) is 5.79. The van der Waals surface area contributed by atoms with Gasteiger partial charge in [0, 0.05) is 17.6 Å². The van der Waals surface area contributed by atoms with Gasteiger partial charge in [0.1, 0.15) is 11.5 Å². The van der Waals surface area contributed by atoms with Gasteiger partial charge >= 0.3 is 0 Å². The predicted octanol–water partition coefficient (Wildman–Crippen LogP) is 3.17. The third-order valence-corrected chi connectivity index (χ3v) is 3.32.